The molecule has 0 unspecified atom stereocenters. The molecule has 2 rings (SSSR count). The van der Waals surface area contributed by atoms with Gasteiger partial charge in [-0.3, -0.25) is 0 Å². The maximum atomic E-state index is 10.3. The van der Waals surface area contributed by atoms with E-state index in [9.17, 15) is 5.11 Å². The van der Waals surface area contributed by atoms with Gasteiger partial charge in [-0.05, 0) is 31.0 Å². The average molecular weight is 235 g/mol. The zero-order valence-electron chi connectivity index (χ0n) is 10.1. The summed E-state index contributed by atoms with van der Waals surface area (Å²) in [6, 6.07) is 5.47. The van der Waals surface area contributed by atoms with Gasteiger partial charge in [-0.25, -0.2) is 0 Å². The van der Waals surface area contributed by atoms with Gasteiger partial charge in [0.05, 0.1) is 17.0 Å². The molecule has 1 aliphatic carbocycles. The molecule has 1 aromatic carbocycles. The summed E-state index contributed by atoms with van der Waals surface area (Å²) in [5, 5.41) is 13.6. The standard InChI is InChI=1S/C13H21N3O/c14-11-5-4-10(8-12(11)15)16-9-13(17)6-2-1-3-7-13/h4-5,8,16-17H,1-3,6-7,9,14-15H2. The molecular formula is C13H21N3O. The fourth-order valence-corrected chi connectivity index (χ4v) is 2.34. The van der Waals surface area contributed by atoms with Crippen LogP contribution in [-0.2, 0) is 0 Å². The lowest BCUT2D eigenvalue weighted by molar-refractivity contribution is 0.0167. The van der Waals surface area contributed by atoms with Gasteiger partial charge in [-0.15, -0.1) is 0 Å². The predicted octanol–water partition coefficient (Wildman–Crippen LogP) is 1.96. The summed E-state index contributed by atoms with van der Waals surface area (Å²) in [4.78, 5) is 0. The van der Waals surface area contributed by atoms with Crippen molar-refractivity contribution >= 4 is 17.1 Å². The lowest BCUT2D eigenvalue weighted by Gasteiger charge is -2.32. The largest absolute Gasteiger partial charge is 0.397 e. The molecule has 94 valence electrons. The zero-order chi connectivity index (χ0) is 12.3. The van der Waals surface area contributed by atoms with E-state index in [0.29, 0.717) is 17.9 Å². The molecule has 4 heteroatoms. The monoisotopic (exact) mass is 235 g/mol. The number of anilines is 3. The Morgan fingerprint density at radius 2 is 1.82 bits per heavy atom. The van der Waals surface area contributed by atoms with Crippen LogP contribution in [0.5, 0.6) is 0 Å². The zero-order valence-corrected chi connectivity index (χ0v) is 10.1. The summed E-state index contributed by atoms with van der Waals surface area (Å²) in [5.41, 5.74) is 12.9. The molecule has 0 bridgehead atoms. The second-order valence-corrected chi connectivity index (χ2v) is 4.98. The van der Waals surface area contributed by atoms with Crippen LogP contribution in [-0.4, -0.2) is 17.3 Å². The van der Waals surface area contributed by atoms with Crippen LogP contribution in [0.4, 0.5) is 17.1 Å². The molecule has 0 atom stereocenters. The Morgan fingerprint density at radius 3 is 2.47 bits per heavy atom. The molecular weight excluding hydrogens is 214 g/mol. The molecule has 0 radical (unpaired) electrons. The van der Waals surface area contributed by atoms with Crippen LogP contribution in [0.2, 0.25) is 0 Å². The van der Waals surface area contributed by atoms with Crippen LogP contribution in [0.1, 0.15) is 32.1 Å². The Labute approximate surface area is 102 Å². The van der Waals surface area contributed by atoms with Gasteiger partial charge in [0.25, 0.3) is 0 Å². The smallest absolute Gasteiger partial charge is 0.0819 e. The van der Waals surface area contributed by atoms with Gasteiger partial charge in [0, 0.05) is 12.2 Å². The molecule has 6 N–H and O–H groups in total. The minimum atomic E-state index is -0.561. The number of nitrogens with one attached hydrogen (secondary N) is 1. The Hall–Kier alpha value is -1.42. The molecule has 17 heavy (non-hydrogen) atoms. The first-order valence-electron chi connectivity index (χ1n) is 6.20. The van der Waals surface area contributed by atoms with E-state index in [2.05, 4.69) is 5.32 Å². The molecule has 0 amide bonds. The van der Waals surface area contributed by atoms with Crippen LogP contribution >= 0.6 is 0 Å². The van der Waals surface area contributed by atoms with Crippen LogP contribution in [0.15, 0.2) is 18.2 Å². The molecule has 0 heterocycles. The summed E-state index contributed by atoms with van der Waals surface area (Å²) < 4.78 is 0. The molecule has 0 aliphatic heterocycles. The van der Waals surface area contributed by atoms with Crippen LogP contribution in [0.3, 0.4) is 0 Å². The van der Waals surface area contributed by atoms with Crippen molar-refractivity contribution in [1.82, 2.24) is 0 Å². The van der Waals surface area contributed by atoms with Gasteiger partial charge in [0.15, 0.2) is 0 Å². The summed E-state index contributed by atoms with van der Waals surface area (Å²) in [6.45, 7) is 0.580. The van der Waals surface area contributed by atoms with E-state index in [-0.39, 0.29) is 0 Å². The topological polar surface area (TPSA) is 84.3 Å². The average Bonchev–Trinajstić information content (AvgIpc) is 2.32. The molecule has 0 saturated heterocycles. The highest BCUT2D eigenvalue weighted by atomic mass is 16.3. The van der Waals surface area contributed by atoms with E-state index < -0.39 is 5.60 Å². The van der Waals surface area contributed by atoms with E-state index >= 15 is 0 Å². The first-order valence-corrected chi connectivity index (χ1v) is 6.20. The van der Waals surface area contributed by atoms with Crippen molar-refractivity contribution in [3.8, 4) is 0 Å². The van der Waals surface area contributed by atoms with Gasteiger partial charge < -0.3 is 21.9 Å². The normalized spacial score (nSPS) is 18.9. The molecule has 1 fully saturated rings. The van der Waals surface area contributed by atoms with Crippen molar-refractivity contribution in [2.24, 2.45) is 0 Å². The minimum Gasteiger partial charge on any atom is -0.397 e. The third kappa shape index (κ3) is 3.03. The van der Waals surface area contributed by atoms with Gasteiger partial charge in [0.1, 0.15) is 0 Å². The van der Waals surface area contributed by atoms with E-state index in [1.54, 1.807) is 6.07 Å². The van der Waals surface area contributed by atoms with Crippen molar-refractivity contribution in [3.63, 3.8) is 0 Å². The first kappa shape index (κ1) is 12.0. The molecule has 1 aromatic rings. The van der Waals surface area contributed by atoms with Crippen LogP contribution in [0.25, 0.3) is 0 Å². The number of hydrogen-bond donors (Lipinski definition) is 4. The van der Waals surface area contributed by atoms with Gasteiger partial charge in [-0.1, -0.05) is 19.3 Å². The highest BCUT2D eigenvalue weighted by Crippen LogP contribution is 2.28. The first-order chi connectivity index (χ1) is 8.09. The van der Waals surface area contributed by atoms with Crippen molar-refractivity contribution in [3.05, 3.63) is 18.2 Å². The Bertz CT molecular complexity index is 386. The number of hydrogen-bond acceptors (Lipinski definition) is 4. The lowest BCUT2D eigenvalue weighted by Crippen LogP contribution is -2.38. The van der Waals surface area contributed by atoms with E-state index in [0.717, 1.165) is 31.4 Å². The Kier molecular flexibility index (Phi) is 3.43. The van der Waals surface area contributed by atoms with E-state index in [1.807, 2.05) is 12.1 Å². The SMILES string of the molecule is Nc1ccc(NCC2(O)CCCCC2)cc1N. The third-order valence-corrected chi connectivity index (χ3v) is 3.49. The lowest BCUT2D eigenvalue weighted by atomic mass is 9.85. The second-order valence-electron chi connectivity index (χ2n) is 4.98. The maximum Gasteiger partial charge on any atom is 0.0819 e. The summed E-state index contributed by atoms with van der Waals surface area (Å²) in [7, 11) is 0. The van der Waals surface area contributed by atoms with Gasteiger partial charge in [0.2, 0.25) is 0 Å². The fraction of sp³-hybridized carbons (Fsp3) is 0.538. The number of rotatable bonds is 3. The van der Waals surface area contributed by atoms with Crippen molar-refractivity contribution in [1.29, 1.82) is 0 Å². The quantitative estimate of drug-likeness (QED) is 0.603. The summed E-state index contributed by atoms with van der Waals surface area (Å²) >= 11 is 0. The fourth-order valence-electron chi connectivity index (χ4n) is 2.34. The number of benzene rings is 1. The number of aliphatic hydroxyl groups is 1. The van der Waals surface area contributed by atoms with Crippen molar-refractivity contribution < 1.29 is 5.11 Å². The Balaban J connectivity index is 1.94. The molecule has 4 nitrogen and oxygen atoms in total. The van der Waals surface area contributed by atoms with Crippen molar-refractivity contribution in [2.75, 3.05) is 23.3 Å². The third-order valence-electron chi connectivity index (χ3n) is 3.49. The molecule has 0 aromatic heterocycles. The summed E-state index contributed by atoms with van der Waals surface area (Å²) in [6.07, 6.45) is 5.22. The molecule has 0 spiro atoms. The van der Waals surface area contributed by atoms with Crippen molar-refractivity contribution in [2.45, 2.75) is 37.7 Å². The molecule has 1 saturated carbocycles. The predicted molar refractivity (Wildman–Crippen MR) is 71.8 cm³/mol. The van der Waals surface area contributed by atoms with Gasteiger partial charge in [-0.2, -0.15) is 0 Å². The second kappa shape index (κ2) is 4.84. The Morgan fingerprint density at radius 1 is 1.12 bits per heavy atom. The van der Waals surface area contributed by atoms with Crippen LogP contribution < -0.4 is 16.8 Å². The summed E-state index contributed by atoms with van der Waals surface area (Å²) in [5.74, 6) is 0. The van der Waals surface area contributed by atoms with Crippen LogP contribution in [0, 0.1) is 0 Å². The van der Waals surface area contributed by atoms with E-state index in [1.165, 1.54) is 6.42 Å². The number of nitrogen functional groups attached to an aromatic ring is 2. The molecule has 1 aliphatic rings. The maximum absolute atomic E-state index is 10.3. The highest BCUT2D eigenvalue weighted by molar-refractivity contribution is 5.69. The van der Waals surface area contributed by atoms with E-state index in [4.69, 9.17) is 11.5 Å². The number of nitrogens with two attached hydrogens (primary N) is 2. The minimum absolute atomic E-state index is 0.561. The highest BCUT2D eigenvalue weighted by Gasteiger charge is 2.28. The van der Waals surface area contributed by atoms with Gasteiger partial charge >= 0.3 is 0 Å².